The van der Waals surface area contributed by atoms with Crippen LogP contribution in [0.2, 0.25) is 5.02 Å². The maximum absolute atomic E-state index is 11.2. The highest BCUT2D eigenvalue weighted by molar-refractivity contribution is 6.30. The van der Waals surface area contributed by atoms with E-state index in [2.05, 4.69) is 9.30 Å². The van der Waals surface area contributed by atoms with Crippen molar-refractivity contribution in [1.29, 1.82) is 0 Å². The van der Waals surface area contributed by atoms with Crippen LogP contribution in [0, 0.1) is 5.92 Å². The van der Waals surface area contributed by atoms with Crippen LogP contribution in [0.1, 0.15) is 18.5 Å². The predicted molar refractivity (Wildman–Crippen MR) is 101 cm³/mol. The molecule has 5 nitrogen and oxygen atoms in total. The van der Waals surface area contributed by atoms with E-state index in [1.165, 1.54) is 0 Å². The van der Waals surface area contributed by atoms with E-state index in [4.69, 9.17) is 16.6 Å². The summed E-state index contributed by atoms with van der Waals surface area (Å²) >= 11 is 6.03. The van der Waals surface area contributed by atoms with Gasteiger partial charge in [0.1, 0.15) is 5.65 Å². The molecular formula is C20H20ClN3O2. The average molecular weight is 370 g/mol. The Morgan fingerprint density at radius 1 is 1.15 bits per heavy atom. The number of likely N-dealkylation sites (tertiary alicyclic amines) is 1. The first-order valence-corrected chi connectivity index (χ1v) is 9.16. The molecule has 3 aromatic rings. The van der Waals surface area contributed by atoms with Gasteiger partial charge in [0.05, 0.1) is 17.3 Å². The van der Waals surface area contributed by atoms with E-state index in [9.17, 15) is 9.90 Å². The standard InChI is InChI=1S/C20H20ClN3O2/c21-16-6-4-14(5-7-16)19-17(24-10-2-1-3-18(24)22-19)13-23-11-8-15(9-12-23)20(25)26/h1-7,10,15H,8-9,11-13H2,(H,25,26). The lowest BCUT2D eigenvalue weighted by Crippen LogP contribution is -2.36. The van der Waals surface area contributed by atoms with Crippen LogP contribution in [-0.2, 0) is 11.3 Å². The molecule has 0 aliphatic carbocycles. The molecule has 26 heavy (non-hydrogen) atoms. The number of aromatic nitrogens is 2. The van der Waals surface area contributed by atoms with Gasteiger partial charge in [-0.25, -0.2) is 4.98 Å². The molecule has 2 aromatic heterocycles. The van der Waals surface area contributed by atoms with Crippen molar-refractivity contribution < 1.29 is 9.90 Å². The second kappa shape index (κ2) is 7.09. The molecule has 0 amide bonds. The molecule has 1 aliphatic heterocycles. The fourth-order valence-corrected chi connectivity index (χ4v) is 3.71. The van der Waals surface area contributed by atoms with Crippen LogP contribution >= 0.6 is 11.6 Å². The quantitative estimate of drug-likeness (QED) is 0.756. The maximum Gasteiger partial charge on any atom is 0.306 e. The number of carbonyl (C=O) groups is 1. The number of nitrogens with zero attached hydrogens (tertiary/aromatic N) is 3. The van der Waals surface area contributed by atoms with Crippen LogP contribution < -0.4 is 0 Å². The molecule has 4 rings (SSSR count). The van der Waals surface area contributed by atoms with E-state index in [1.807, 2.05) is 48.7 Å². The normalized spacial score (nSPS) is 16.2. The Morgan fingerprint density at radius 3 is 2.58 bits per heavy atom. The Morgan fingerprint density at radius 2 is 1.88 bits per heavy atom. The molecule has 0 saturated carbocycles. The fraction of sp³-hybridized carbons (Fsp3) is 0.300. The number of carboxylic acid groups (broad SMARTS) is 1. The summed E-state index contributed by atoms with van der Waals surface area (Å²) < 4.78 is 2.12. The molecule has 3 heterocycles. The molecule has 1 fully saturated rings. The lowest BCUT2D eigenvalue weighted by Gasteiger charge is -2.30. The van der Waals surface area contributed by atoms with Gasteiger partial charge in [-0.3, -0.25) is 9.69 Å². The van der Waals surface area contributed by atoms with Crippen LogP contribution in [0.25, 0.3) is 16.9 Å². The van der Waals surface area contributed by atoms with Crippen molar-refractivity contribution in [2.24, 2.45) is 5.92 Å². The van der Waals surface area contributed by atoms with Gasteiger partial charge in [0.2, 0.25) is 0 Å². The third kappa shape index (κ3) is 3.32. The van der Waals surface area contributed by atoms with Crippen LogP contribution in [0.4, 0.5) is 0 Å². The zero-order valence-corrected chi connectivity index (χ0v) is 15.1. The molecule has 1 aliphatic rings. The summed E-state index contributed by atoms with van der Waals surface area (Å²) in [7, 11) is 0. The number of hydrogen-bond donors (Lipinski definition) is 1. The topological polar surface area (TPSA) is 57.8 Å². The minimum atomic E-state index is -0.679. The van der Waals surface area contributed by atoms with E-state index in [0.717, 1.165) is 42.2 Å². The summed E-state index contributed by atoms with van der Waals surface area (Å²) in [6.45, 7) is 2.32. The van der Waals surface area contributed by atoms with Crippen molar-refractivity contribution in [1.82, 2.24) is 14.3 Å². The molecular weight excluding hydrogens is 350 g/mol. The van der Waals surface area contributed by atoms with E-state index < -0.39 is 5.97 Å². The fourth-order valence-electron chi connectivity index (χ4n) is 3.59. The average Bonchev–Trinajstić information content (AvgIpc) is 3.01. The third-order valence-corrected chi connectivity index (χ3v) is 5.31. The van der Waals surface area contributed by atoms with Gasteiger partial charge in [-0.1, -0.05) is 29.8 Å². The number of piperidine rings is 1. The van der Waals surface area contributed by atoms with Crippen molar-refractivity contribution in [2.45, 2.75) is 19.4 Å². The highest BCUT2D eigenvalue weighted by Gasteiger charge is 2.26. The summed E-state index contributed by atoms with van der Waals surface area (Å²) in [6.07, 6.45) is 3.42. The van der Waals surface area contributed by atoms with Gasteiger partial charge in [0.15, 0.2) is 0 Å². The van der Waals surface area contributed by atoms with Crippen LogP contribution in [0.5, 0.6) is 0 Å². The lowest BCUT2D eigenvalue weighted by molar-refractivity contribution is -0.143. The number of imidazole rings is 1. The zero-order valence-electron chi connectivity index (χ0n) is 14.3. The summed E-state index contributed by atoms with van der Waals surface area (Å²) in [5.41, 5.74) is 4.02. The Hall–Kier alpha value is -2.37. The molecule has 0 radical (unpaired) electrons. The minimum Gasteiger partial charge on any atom is -0.481 e. The molecule has 6 heteroatoms. The number of rotatable bonds is 4. The number of carboxylic acids is 1. The number of benzene rings is 1. The second-order valence-electron chi connectivity index (χ2n) is 6.73. The first-order valence-electron chi connectivity index (χ1n) is 8.79. The number of hydrogen-bond acceptors (Lipinski definition) is 3. The number of fused-ring (bicyclic) bond motifs is 1. The Kier molecular flexibility index (Phi) is 4.66. The summed E-state index contributed by atoms with van der Waals surface area (Å²) in [4.78, 5) is 18.3. The molecule has 1 saturated heterocycles. The predicted octanol–water partition coefficient (Wildman–Crippen LogP) is 3.95. The second-order valence-corrected chi connectivity index (χ2v) is 7.17. The number of halogens is 1. The molecule has 0 atom stereocenters. The Labute approximate surface area is 156 Å². The summed E-state index contributed by atoms with van der Waals surface area (Å²) in [5, 5.41) is 9.90. The number of aliphatic carboxylic acids is 1. The first kappa shape index (κ1) is 17.1. The molecule has 0 unspecified atom stereocenters. The highest BCUT2D eigenvalue weighted by atomic mass is 35.5. The van der Waals surface area contributed by atoms with Crippen molar-refractivity contribution in [3.05, 3.63) is 59.4 Å². The SMILES string of the molecule is O=C(O)C1CCN(Cc2c(-c3ccc(Cl)cc3)nc3ccccn23)CC1. The van der Waals surface area contributed by atoms with Gasteiger partial charge >= 0.3 is 5.97 Å². The Balaban J connectivity index is 1.66. The first-order chi connectivity index (χ1) is 12.6. The molecule has 0 bridgehead atoms. The molecule has 134 valence electrons. The van der Waals surface area contributed by atoms with E-state index in [0.29, 0.717) is 17.9 Å². The Bertz CT molecular complexity index is 928. The van der Waals surface area contributed by atoms with Crippen molar-refractivity contribution >= 4 is 23.2 Å². The van der Waals surface area contributed by atoms with Gasteiger partial charge in [0.25, 0.3) is 0 Å². The van der Waals surface area contributed by atoms with E-state index >= 15 is 0 Å². The highest BCUT2D eigenvalue weighted by Crippen LogP contribution is 2.28. The smallest absolute Gasteiger partial charge is 0.306 e. The van der Waals surface area contributed by atoms with Crippen molar-refractivity contribution in [3.63, 3.8) is 0 Å². The van der Waals surface area contributed by atoms with Gasteiger partial charge in [-0.15, -0.1) is 0 Å². The van der Waals surface area contributed by atoms with E-state index in [1.54, 1.807) is 0 Å². The van der Waals surface area contributed by atoms with Gasteiger partial charge < -0.3 is 9.51 Å². The van der Waals surface area contributed by atoms with E-state index in [-0.39, 0.29) is 5.92 Å². The van der Waals surface area contributed by atoms with Crippen LogP contribution in [0.15, 0.2) is 48.7 Å². The van der Waals surface area contributed by atoms with Crippen molar-refractivity contribution in [3.8, 4) is 11.3 Å². The number of pyridine rings is 1. The summed E-state index contributed by atoms with van der Waals surface area (Å²) in [5.74, 6) is -0.898. The van der Waals surface area contributed by atoms with Crippen LogP contribution in [-0.4, -0.2) is 38.4 Å². The molecule has 1 N–H and O–H groups in total. The zero-order chi connectivity index (χ0) is 18.1. The van der Waals surface area contributed by atoms with Crippen LogP contribution in [0.3, 0.4) is 0 Å². The maximum atomic E-state index is 11.2. The third-order valence-electron chi connectivity index (χ3n) is 5.06. The minimum absolute atomic E-state index is 0.218. The lowest BCUT2D eigenvalue weighted by atomic mass is 9.97. The summed E-state index contributed by atoms with van der Waals surface area (Å²) in [6, 6.07) is 13.7. The van der Waals surface area contributed by atoms with Gasteiger partial charge in [-0.05, 0) is 50.2 Å². The molecule has 1 aromatic carbocycles. The van der Waals surface area contributed by atoms with Gasteiger partial charge in [0, 0.05) is 23.3 Å². The largest absolute Gasteiger partial charge is 0.481 e. The van der Waals surface area contributed by atoms with Gasteiger partial charge in [-0.2, -0.15) is 0 Å². The van der Waals surface area contributed by atoms with Crippen molar-refractivity contribution in [2.75, 3.05) is 13.1 Å². The monoisotopic (exact) mass is 369 g/mol. The molecule has 0 spiro atoms.